The van der Waals surface area contributed by atoms with Crippen LogP contribution in [0.15, 0.2) is 24.3 Å². The molecule has 2 N–H and O–H groups in total. The second-order valence-electron chi connectivity index (χ2n) is 14.0. The molecule has 4 heterocycles. The van der Waals surface area contributed by atoms with Crippen molar-refractivity contribution in [3.63, 3.8) is 0 Å². The molecule has 2 aromatic carbocycles. The lowest BCUT2D eigenvalue weighted by Gasteiger charge is -2.41. The third-order valence-electron chi connectivity index (χ3n) is 10.1. The Labute approximate surface area is 275 Å². The first kappa shape index (κ1) is 31.7. The van der Waals surface area contributed by atoms with Crippen LogP contribution < -0.4 is 29.9 Å². The third-order valence-corrected chi connectivity index (χ3v) is 10.1. The minimum absolute atomic E-state index is 0.112. The molecule has 1 saturated carbocycles. The molecule has 0 radical (unpaired) electrons. The summed E-state index contributed by atoms with van der Waals surface area (Å²) < 4.78 is 32.7. The lowest BCUT2D eigenvalue weighted by atomic mass is 9.89. The lowest BCUT2D eigenvalue weighted by Crippen LogP contribution is -2.56. The fraction of sp³-hybridized carbons (Fsp3) is 0.571. The minimum Gasteiger partial charge on any atom is -0.467 e. The Kier molecular flexibility index (Phi) is 8.50. The molecule has 7 rings (SSSR count). The van der Waals surface area contributed by atoms with Crippen LogP contribution in [0.25, 0.3) is 10.8 Å². The number of hydrogen-bond donors (Lipinski definition) is 2. The summed E-state index contributed by atoms with van der Waals surface area (Å²) in [6.07, 6.45) is 5.40. The largest absolute Gasteiger partial charge is 0.467 e. The van der Waals surface area contributed by atoms with Crippen LogP contribution >= 0.6 is 0 Å². The Morgan fingerprint density at radius 2 is 1.94 bits per heavy atom. The summed E-state index contributed by atoms with van der Waals surface area (Å²) in [5.41, 5.74) is 3.43. The number of urea groups is 1. The Bertz CT molecular complexity index is 1660. The van der Waals surface area contributed by atoms with Gasteiger partial charge in [-0.1, -0.05) is 13.0 Å². The van der Waals surface area contributed by atoms with E-state index >= 15 is 4.39 Å². The number of amides is 2. The second-order valence-corrected chi connectivity index (χ2v) is 14.0. The van der Waals surface area contributed by atoms with Crippen LogP contribution in [-0.2, 0) is 24.1 Å². The Hall–Kier alpha value is -3.90. The molecule has 252 valence electrons. The van der Waals surface area contributed by atoms with Crippen molar-refractivity contribution in [3.8, 4) is 11.8 Å². The van der Waals surface area contributed by atoms with Crippen molar-refractivity contribution in [1.82, 2.24) is 25.5 Å². The molecule has 3 fully saturated rings. The zero-order valence-electron chi connectivity index (χ0n) is 28.0. The van der Waals surface area contributed by atoms with Gasteiger partial charge in [-0.2, -0.15) is 9.97 Å². The summed E-state index contributed by atoms with van der Waals surface area (Å²) in [6.45, 7) is 6.98. The fourth-order valence-corrected chi connectivity index (χ4v) is 7.74. The highest BCUT2D eigenvalue weighted by Crippen LogP contribution is 2.46. The Morgan fingerprint density at radius 1 is 1.09 bits per heavy atom. The summed E-state index contributed by atoms with van der Waals surface area (Å²) in [7, 11) is 5.79. The number of nitrogens with zero attached hydrogens (tertiary/aromatic N) is 5. The van der Waals surface area contributed by atoms with Crippen LogP contribution in [0.3, 0.4) is 0 Å². The van der Waals surface area contributed by atoms with E-state index in [9.17, 15) is 4.79 Å². The average Bonchev–Trinajstić information content (AvgIpc) is 3.73. The maximum Gasteiger partial charge on any atom is 0.318 e. The van der Waals surface area contributed by atoms with Crippen LogP contribution in [0.4, 0.5) is 20.7 Å². The van der Waals surface area contributed by atoms with Gasteiger partial charge in [-0.3, -0.25) is 0 Å². The lowest BCUT2D eigenvalue weighted by molar-refractivity contribution is 0.0512. The number of aryl methyl sites for hydroxylation is 1. The van der Waals surface area contributed by atoms with E-state index < -0.39 is 0 Å². The van der Waals surface area contributed by atoms with Crippen molar-refractivity contribution in [2.75, 3.05) is 77.1 Å². The number of halogens is 1. The first-order valence-electron chi connectivity index (χ1n) is 16.8. The number of benzene rings is 2. The molecule has 3 aliphatic heterocycles. The molecule has 1 spiro atoms. The predicted octanol–water partition coefficient (Wildman–Crippen LogP) is 4.25. The Morgan fingerprint density at radius 3 is 2.66 bits per heavy atom. The maximum atomic E-state index is 15.2. The standard InChI is InChI=1S/C35H46FN7O4/c1-5-25-27(36)8-7-23-15-24(47-22-45-4)16-29(30(23)25)42-14-9-26-28(17-42)38-33(46-21-34(11-12-34)19-41(2)3)39-31(26)43-13-6-10-35(20-43)18-37-32(44)40-35/h7-8,15-16H,5-6,9-14,17-22H2,1-4H3,(H2,37,40,44). The summed E-state index contributed by atoms with van der Waals surface area (Å²) >= 11 is 0. The van der Waals surface area contributed by atoms with E-state index in [1.165, 1.54) is 6.07 Å². The molecular formula is C35H46FN7O4. The predicted molar refractivity (Wildman–Crippen MR) is 179 cm³/mol. The number of nitrogens with one attached hydrogen (secondary N) is 2. The fourth-order valence-electron chi connectivity index (χ4n) is 7.74. The van der Waals surface area contributed by atoms with Gasteiger partial charge >= 0.3 is 12.0 Å². The van der Waals surface area contributed by atoms with Gasteiger partial charge in [0.15, 0.2) is 6.79 Å². The number of aromatic nitrogens is 2. The first-order valence-corrected chi connectivity index (χ1v) is 16.8. The number of rotatable bonds is 11. The molecule has 1 atom stereocenters. The van der Waals surface area contributed by atoms with Crippen LogP contribution in [-0.4, -0.2) is 93.8 Å². The number of ether oxygens (including phenoxy) is 3. The molecular weight excluding hydrogens is 601 g/mol. The average molecular weight is 648 g/mol. The van der Waals surface area contributed by atoms with Crippen LogP contribution in [0.1, 0.15) is 49.4 Å². The van der Waals surface area contributed by atoms with Gasteiger partial charge in [0.25, 0.3) is 0 Å². The van der Waals surface area contributed by atoms with E-state index in [1.807, 2.05) is 25.1 Å². The number of hydrogen-bond acceptors (Lipinski definition) is 9. The molecule has 11 nitrogen and oxygen atoms in total. The van der Waals surface area contributed by atoms with Gasteiger partial charge in [-0.25, -0.2) is 9.18 Å². The molecule has 47 heavy (non-hydrogen) atoms. The van der Waals surface area contributed by atoms with E-state index in [4.69, 9.17) is 24.2 Å². The zero-order valence-corrected chi connectivity index (χ0v) is 28.0. The van der Waals surface area contributed by atoms with Crippen molar-refractivity contribution in [2.24, 2.45) is 5.41 Å². The highest BCUT2D eigenvalue weighted by Gasteiger charge is 2.45. The minimum atomic E-state index is -0.319. The van der Waals surface area contributed by atoms with Crippen molar-refractivity contribution in [1.29, 1.82) is 0 Å². The van der Waals surface area contributed by atoms with Gasteiger partial charge in [-0.15, -0.1) is 0 Å². The molecule has 1 unspecified atom stereocenters. The topological polar surface area (TPSA) is 104 Å². The molecule has 12 heteroatoms. The van der Waals surface area contributed by atoms with E-state index in [2.05, 4.69) is 39.4 Å². The summed E-state index contributed by atoms with van der Waals surface area (Å²) in [4.78, 5) is 29.1. The highest BCUT2D eigenvalue weighted by atomic mass is 19.1. The monoisotopic (exact) mass is 647 g/mol. The van der Waals surface area contributed by atoms with Gasteiger partial charge in [0, 0.05) is 68.0 Å². The van der Waals surface area contributed by atoms with Gasteiger partial charge in [-0.05, 0) is 75.7 Å². The van der Waals surface area contributed by atoms with Gasteiger partial charge in [0.05, 0.1) is 24.4 Å². The van der Waals surface area contributed by atoms with Crippen molar-refractivity contribution < 1.29 is 23.4 Å². The van der Waals surface area contributed by atoms with Crippen LogP contribution in [0.5, 0.6) is 11.8 Å². The molecule has 1 aromatic heterocycles. The van der Waals surface area contributed by atoms with Crippen molar-refractivity contribution >= 4 is 28.3 Å². The SMILES string of the molecule is CCc1c(F)ccc2cc(OCOC)cc(N3CCc4c(nc(OCC5(CN(C)C)CC5)nc4N4CCCC5(CNC(=O)N5)C4)C3)c12. The maximum absolute atomic E-state index is 15.2. The second kappa shape index (κ2) is 12.6. The van der Waals surface area contributed by atoms with E-state index in [0.29, 0.717) is 63.0 Å². The number of anilines is 2. The smallest absolute Gasteiger partial charge is 0.318 e. The van der Waals surface area contributed by atoms with E-state index in [1.54, 1.807) is 7.11 Å². The normalized spacial score (nSPS) is 21.6. The number of carbonyl (C=O) groups is 1. The molecule has 1 aliphatic carbocycles. The number of carbonyl (C=O) groups excluding carboxylic acids is 1. The molecule has 2 amide bonds. The summed E-state index contributed by atoms with van der Waals surface area (Å²) in [5.74, 6) is 1.36. The van der Waals surface area contributed by atoms with Crippen LogP contribution in [0.2, 0.25) is 0 Å². The number of fused-ring (bicyclic) bond motifs is 2. The zero-order chi connectivity index (χ0) is 32.8. The number of methoxy groups -OCH3 is 1. The molecule has 0 bridgehead atoms. The van der Waals surface area contributed by atoms with Crippen molar-refractivity contribution in [2.45, 2.75) is 57.5 Å². The van der Waals surface area contributed by atoms with Gasteiger partial charge in [0.2, 0.25) is 0 Å². The van der Waals surface area contributed by atoms with Gasteiger partial charge < -0.3 is 39.5 Å². The van der Waals surface area contributed by atoms with Gasteiger partial charge in [0.1, 0.15) is 17.4 Å². The Balaban J connectivity index is 1.26. The molecule has 2 saturated heterocycles. The first-order chi connectivity index (χ1) is 22.7. The number of piperidine rings is 1. The van der Waals surface area contributed by atoms with E-state index in [-0.39, 0.29) is 29.6 Å². The van der Waals surface area contributed by atoms with E-state index in [0.717, 1.165) is 72.3 Å². The highest BCUT2D eigenvalue weighted by molar-refractivity contribution is 5.98. The van der Waals surface area contributed by atoms with Crippen LogP contribution in [0, 0.1) is 11.2 Å². The third kappa shape index (κ3) is 6.37. The van der Waals surface area contributed by atoms with Crippen molar-refractivity contribution in [3.05, 3.63) is 46.9 Å². The molecule has 4 aliphatic rings. The quantitative estimate of drug-likeness (QED) is 0.296. The summed E-state index contributed by atoms with van der Waals surface area (Å²) in [6, 6.07) is 7.58. The molecule has 3 aromatic rings. The summed E-state index contributed by atoms with van der Waals surface area (Å²) in [5, 5.41) is 7.97.